The fourth-order valence-corrected chi connectivity index (χ4v) is 6.25. The van der Waals surface area contributed by atoms with Crippen LogP contribution in [0.5, 0.6) is 5.75 Å². The molecule has 2 saturated heterocycles. The second-order valence-corrected chi connectivity index (χ2v) is 12.0. The number of piperidine rings is 1. The van der Waals surface area contributed by atoms with Crippen LogP contribution in [0.4, 0.5) is 28.9 Å². The summed E-state index contributed by atoms with van der Waals surface area (Å²) in [5.41, 5.74) is -2.46. The fraction of sp³-hybridized carbons (Fsp3) is 0.467. The highest BCUT2D eigenvalue weighted by Crippen LogP contribution is 2.40. The summed E-state index contributed by atoms with van der Waals surface area (Å²) < 4.78 is 70.1. The van der Waals surface area contributed by atoms with Crippen molar-refractivity contribution in [3.05, 3.63) is 42.4 Å². The Morgan fingerprint density at radius 3 is 2.82 bits per heavy atom. The molecule has 44 heavy (non-hydrogen) atoms. The molecule has 14 heteroatoms. The Morgan fingerprint density at radius 2 is 2.07 bits per heavy atom. The van der Waals surface area contributed by atoms with E-state index in [2.05, 4.69) is 32.6 Å². The van der Waals surface area contributed by atoms with E-state index in [9.17, 15) is 17.6 Å². The minimum Gasteiger partial charge on any atom is -0.495 e. The van der Waals surface area contributed by atoms with Crippen molar-refractivity contribution in [2.75, 3.05) is 51.0 Å². The molecule has 3 atom stereocenters. The van der Waals surface area contributed by atoms with E-state index in [1.807, 2.05) is 35.0 Å². The van der Waals surface area contributed by atoms with Gasteiger partial charge in [-0.2, -0.15) is 18.3 Å². The Hall–Kier alpha value is -3.67. The number of ether oxygens (including phenoxy) is 2. The van der Waals surface area contributed by atoms with Crippen LogP contribution in [-0.2, 0) is 4.74 Å². The van der Waals surface area contributed by atoms with Crippen LogP contribution < -0.4 is 15.4 Å². The number of halogens is 4. The van der Waals surface area contributed by atoms with Gasteiger partial charge in [0.05, 0.1) is 36.6 Å². The van der Waals surface area contributed by atoms with Gasteiger partial charge in [0.25, 0.3) is 0 Å². The van der Waals surface area contributed by atoms with Crippen molar-refractivity contribution in [3.63, 3.8) is 0 Å². The van der Waals surface area contributed by atoms with Crippen molar-refractivity contribution in [1.29, 1.82) is 0 Å². The summed E-state index contributed by atoms with van der Waals surface area (Å²) in [5, 5.41) is 11.8. The van der Waals surface area contributed by atoms with Gasteiger partial charge in [-0.05, 0) is 62.9 Å². The van der Waals surface area contributed by atoms with Gasteiger partial charge in [-0.25, -0.2) is 14.1 Å². The van der Waals surface area contributed by atoms with E-state index in [1.54, 1.807) is 19.2 Å². The van der Waals surface area contributed by atoms with Gasteiger partial charge in [-0.3, -0.25) is 4.40 Å². The summed E-state index contributed by atoms with van der Waals surface area (Å²) in [5.74, 6) is 6.30. The Kier molecular flexibility index (Phi) is 8.80. The third-order valence-electron chi connectivity index (χ3n) is 7.77. The summed E-state index contributed by atoms with van der Waals surface area (Å²) in [4.78, 5) is 6.37. The summed E-state index contributed by atoms with van der Waals surface area (Å²) in [6.07, 6.45) is 5.80. The molecule has 3 aromatic heterocycles. The van der Waals surface area contributed by atoms with Gasteiger partial charge in [0.2, 0.25) is 0 Å². The first-order valence-corrected chi connectivity index (χ1v) is 15.3. The maximum Gasteiger partial charge on any atom is 0.447 e. The van der Waals surface area contributed by atoms with E-state index in [0.717, 1.165) is 30.2 Å². The molecular weight excluding hydrogens is 598 g/mol. The standard InChI is InChI=1S/C30H33F4N7O2S/c1-39-13-10-21(20(31)18-39)36-22-8-6-12-40-28(22)37-23(29(40)44-30(32,33)34)7-5-11-35-25-16-24-19(15-26(25)42-2)17-41(38-24)27-9-3-4-14-43-27/h6,8,12,15-17,20-21,27,35-36H,3-4,9-11,13-14,18H2,1-2H3/t20-,21+,27?/m0/s1. The third kappa shape index (κ3) is 6.69. The molecule has 2 aliphatic heterocycles. The number of likely N-dealkylation sites (tertiary alicyclic amines) is 1. The Labute approximate surface area is 256 Å². The lowest BCUT2D eigenvalue weighted by Gasteiger charge is -2.33. The number of hydrogen-bond acceptors (Lipinski definition) is 8. The number of nitrogens with one attached hydrogen (secondary N) is 2. The van der Waals surface area contributed by atoms with Crippen LogP contribution in [0.3, 0.4) is 0 Å². The number of rotatable bonds is 7. The molecule has 2 fully saturated rings. The maximum absolute atomic E-state index is 14.7. The molecular formula is C30H33F4N7O2S. The largest absolute Gasteiger partial charge is 0.495 e. The average molecular weight is 632 g/mol. The Morgan fingerprint density at radius 1 is 1.20 bits per heavy atom. The van der Waals surface area contributed by atoms with Gasteiger partial charge in [0.15, 0.2) is 5.65 Å². The smallest absolute Gasteiger partial charge is 0.447 e. The zero-order valence-electron chi connectivity index (χ0n) is 24.3. The Bertz CT molecular complexity index is 1690. The lowest BCUT2D eigenvalue weighted by atomic mass is 10.0. The SMILES string of the molecule is COc1cc2cn(C3CCCCO3)nc2cc1NCC#Cc1nc2c(N[C@@H]3CCN(C)C[C@@H]3F)cccn2c1SC(F)(F)F. The topological polar surface area (TPSA) is 80.9 Å². The van der Waals surface area contributed by atoms with Crippen molar-refractivity contribution in [3.8, 4) is 17.6 Å². The molecule has 0 amide bonds. The highest BCUT2D eigenvalue weighted by molar-refractivity contribution is 8.00. The number of imidazole rings is 1. The van der Waals surface area contributed by atoms with Crippen LogP contribution in [-0.4, -0.2) is 82.2 Å². The minimum atomic E-state index is -4.55. The second-order valence-electron chi connectivity index (χ2n) is 10.9. The van der Waals surface area contributed by atoms with E-state index in [0.29, 0.717) is 36.7 Å². The van der Waals surface area contributed by atoms with E-state index < -0.39 is 17.7 Å². The molecule has 2 aliphatic rings. The summed E-state index contributed by atoms with van der Waals surface area (Å²) in [6.45, 7) is 1.81. The molecule has 0 radical (unpaired) electrons. The molecule has 0 spiro atoms. The van der Waals surface area contributed by atoms with Crippen molar-refractivity contribution in [1.82, 2.24) is 24.1 Å². The van der Waals surface area contributed by atoms with Crippen molar-refractivity contribution < 1.29 is 27.0 Å². The summed E-state index contributed by atoms with van der Waals surface area (Å²) >= 11 is -0.277. The zero-order chi connectivity index (χ0) is 30.8. The predicted octanol–water partition coefficient (Wildman–Crippen LogP) is 5.92. The number of thioether (sulfide) groups is 1. The first-order chi connectivity index (χ1) is 21.2. The number of aromatic nitrogens is 4. The van der Waals surface area contributed by atoms with Crippen molar-refractivity contribution in [2.24, 2.45) is 0 Å². The van der Waals surface area contributed by atoms with E-state index in [-0.39, 0.29) is 47.4 Å². The van der Waals surface area contributed by atoms with Gasteiger partial charge in [0, 0.05) is 49.2 Å². The molecule has 1 unspecified atom stereocenters. The predicted molar refractivity (Wildman–Crippen MR) is 162 cm³/mol. The Balaban J connectivity index is 1.24. The van der Waals surface area contributed by atoms with Crippen LogP contribution in [0, 0.1) is 11.8 Å². The molecule has 4 aromatic rings. The molecule has 0 saturated carbocycles. The highest BCUT2D eigenvalue weighted by atomic mass is 32.2. The van der Waals surface area contributed by atoms with Crippen molar-refractivity contribution >= 4 is 39.7 Å². The number of benzene rings is 1. The lowest BCUT2D eigenvalue weighted by molar-refractivity contribution is -0.0390. The van der Waals surface area contributed by atoms with Crippen LogP contribution in [0.2, 0.25) is 0 Å². The first kappa shape index (κ1) is 30.4. The van der Waals surface area contributed by atoms with Gasteiger partial charge >= 0.3 is 5.51 Å². The average Bonchev–Trinajstić information content (AvgIpc) is 3.57. The number of fused-ring (bicyclic) bond motifs is 2. The number of hydrogen-bond donors (Lipinski definition) is 2. The second kappa shape index (κ2) is 12.7. The number of pyridine rings is 1. The molecule has 6 rings (SSSR count). The molecule has 234 valence electrons. The number of methoxy groups -OCH3 is 1. The lowest BCUT2D eigenvalue weighted by Crippen LogP contribution is -2.46. The molecule has 0 bridgehead atoms. The first-order valence-electron chi connectivity index (χ1n) is 14.5. The monoisotopic (exact) mass is 631 g/mol. The fourth-order valence-electron chi connectivity index (χ4n) is 5.59. The molecule has 1 aromatic carbocycles. The van der Waals surface area contributed by atoms with E-state index in [1.165, 1.54) is 10.6 Å². The van der Waals surface area contributed by atoms with Gasteiger partial charge in [-0.15, -0.1) is 0 Å². The quantitative estimate of drug-likeness (QED) is 0.148. The van der Waals surface area contributed by atoms with Crippen LogP contribution in [0.25, 0.3) is 16.6 Å². The van der Waals surface area contributed by atoms with E-state index >= 15 is 0 Å². The summed E-state index contributed by atoms with van der Waals surface area (Å²) in [7, 11) is 3.42. The van der Waals surface area contributed by atoms with Crippen LogP contribution in [0.1, 0.15) is 37.6 Å². The number of anilines is 2. The van der Waals surface area contributed by atoms with Crippen molar-refractivity contribution in [2.45, 2.75) is 54.7 Å². The van der Waals surface area contributed by atoms with Gasteiger partial charge in [0.1, 0.15) is 28.9 Å². The minimum absolute atomic E-state index is 0.0165. The zero-order valence-corrected chi connectivity index (χ0v) is 25.1. The molecule has 0 aliphatic carbocycles. The highest BCUT2D eigenvalue weighted by Gasteiger charge is 2.34. The third-order valence-corrected chi connectivity index (χ3v) is 8.59. The van der Waals surface area contributed by atoms with Gasteiger partial charge in [-0.1, -0.05) is 5.92 Å². The maximum atomic E-state index is 14.7. The van der Waals surface area contributed by atoms with E-state index in [4.69, 9.17) is 9.47 Å². The van der Waals surface area contributed by atoms with Crippen LogP contribution in [0.15, 0.2) is 41.7 Å². The number of alkyl halides is 4. The van der Waals surface area contributed by atoms with Crippen LogP contribution >= 0.6 is 11.8 Å². The molecule has 9 nitrogen and oxygen atoms in total. The molecule has 5 heterocycles. The normalized spacial score (nSPS) is 21.3. The number of nitrogens with zero attached hydrogens (tertiary/aromatic N) is 5. The molecule has 2 N–H and O–H groups in total. The summed E-state index contributed by atoms with van der Waals surface area (Å²) in [6, 6.07) is 6.56. The van der Waals surface area contributed by atoms with Gasteiger partial charge < -0.3 is 25.0 Å².